The van der Waals surface area contributed by atoms with Crippen LogP contribution in [0.25, 0.3) is 0 Å². The monoisotopic (exact) mass is 486 g/mol. The second-order valence-electron chi connectivity index (χ2n) is 8.29. The fraction of sp³-hybridized carbons (Fsp3) is 0.400. The molecule has 0 saturated carbocycles. The minimum absolute atomic E-state index is 0.152. The second-order valence-corrected chi connectivity index (χ2v) is 11.9. The number of rotatable bonds is 2. The molecule has 0 saturated heterocycles. The number of hydrogen-bond donors (Lipinski definition) is 0. The Labute approximate surface area is 168 Å². The van der Waals surface area contributed by atoms with Crippen molar-refractivity contribution >= 4 is 41.7 Å². The number of hydrogen-bond acceptors (Lipinski definition) is 2. The molecule has 0 bridgehead atoms. The molecular formula is C20H24Br2O2S. The normalized spacial score (nSPS) is 13.1. The standard InChI is InChI=1S/C20H24Br2O2S/c1-19(2,3)15-11-13(7-9-17(15)21)25(23,24)14-8-10-18(22)16(12-14)20(4,5)6/h7-12H,1-6H3. The summed E-state index contributed by atoms with van der Waals surface area (Å²) >= 11 is 7.07. The molecule has 0 radical (unpaired) electrons. The molecule has 2 rings (SSSR count). The predicted octanol–water partition coefficient (Wildman–Crippen LogP) is 6.64. The molecule has 0 atom stereocenters. The van der Waals surface area contributed by atoms with Crippen molar-refractivity contribution in [2.24, 2.45) is 0 Å². The average Bonchev–Trinajstić information content (AvgIpc) is 2.45. The molecule has 0 aromatic heterocycles. The third-order valence-electron chi connectivity index (χ3n) is 4.11. The summed E-state index contributed by atoms with van der Waals surface area (Å²) in [6.07, 6.45) is 0. The number of halogens is 2. The molecule has 0 aliphatic carbocycles. The Hall–Kier alpha value is -0.650. The molecule has 0 heterocycles. The van der Waals surface area contributed by atoms with E-state index in [1.54, 1.807) is 24.3 Å². The van der Waals surface area contributed by atoms with Gasteiger partial charge in [0.1, 0.15) is 0 Å². The lowest BCUT2D eigenvalue weighted by atomic mass is 9.87. The topological polar surface area (TPSA) is 34.1 Å². The van der Waals surface area contributed by atoms with Crippen LogP contribution in [0.3, 0.4) is 0 Å². The first-order chi connectivity index (χ1) is 11.2. The van der Waals surface area contributed by atoms with Gasteiger partial charge in [-0.1, -0.05) is 73.4 Å². The Kier molecular flexibility index (Phi) is 5.64. The van der Waals surface area contributed by atoms with Crippen molar-refractivity contribution in [1.29, 1.82) is 0 Å². The summed E-state index contributed by atoms with van der Waals surface area (Å²) in [5, 5.41) is 0. The van der Waals surface area contributed by atoms with Gasteiger partial charge in [-0.25, -0.2) is 8.42 Å². The summed E-state index contributed by atoms with van der Waals surface area (Å²) in [7, 11) is -3.58. The van der Waals surface area contributed by atoms with E-state index in [0.29, 0.717) is 9.79 Å². The van der Waals surface area contributed by atoms with Gasteiger partial charge in [0.2, 0.25) is 9.84 Å². The summed E-state index contributed by atoms with van der Waals surface area (Å²) < 4.78 is 28.2. The van der Waals surface area contributed by atoms with E-state index in [4.69, 9.17) is 0 Å². The van der Waals surface area contributed by atoms with Gasteiger partial charge in [0.15, 0.2) is 0 Å². The summed E-state index contributed by atoms with van der Waals surface area (Å²) in [4.78, 5) is 0.644. The Morgan fingerprint density at radius 2 is 1.00 bits per heavy atom. The Bertz CT molecular complexity index is 833. The summed E-state index contributed by atoms with van der Waals surface area (Å²) in [6.45, 7) is 12.4. The van der Waals surface area contributed by atoms with Gasteiger partial charge in [-0.05, 0) is 58.4 Å². The maximum atomic E-state index is 13.2. The maximum absolute atomic E-state index is 13.2. The van der Waals surface area contributed by atoms with Crippen LogP contribution in [0.2, 0.25) is 0 Å². The fourth-order valence-corrected chi connectivity index (χ4v) is 5.62. The van der Waals surface area contributed by atoms with Gasteiger partial charge in [-0.2, -0.15) is 0 Å². The van der Waals surface area contributed by atoms with Crippen molar-refractivity contribution in [3.05, 3.63) is 56.5 Å². The van der Waals surface area contributed by atoms with Crippen LogP contribution in [-0.4, -0.2) is 8.42 Å². The van der Waals surface area contributed by atoms with Crippen LogP contribution in [0.1, 0.15) is 52.7 Å². The first-order valence-corrected chi connectivity index (χ1v) is 11.2. The van der Waals surface area contributed by atoms with E-state index in [1.807, 2.05) is 12.1 Å². The number of sulfone groups is 1. The van der Waals surface area contributed by atoms with Gasteiger partial charge in [-0.3, -0.25) is 0 Å². The zero-order chi connectivity index (χ0) is 19.2. The van der Waals surface area contributed by atoms with Crippen LogP contribution in [0, 0.1) is 0 Å². The van der Waals surface area contributed by atoms with Crippen LogP contribution in [0.5, 0.6) is 0 Å². The Morgan fingerprint density at radius 1 is 0.680 bits per heavy atom. The molecule has 2 aromatic rings. The zero-order valence-electron chi connectivity index (χ0n) is 15.4. The highest BCUT2D eigenvalue weighted by Gasteiger charge is 2.25. The largest absolute Gasteiger partial charge is 0.219 e. The van der Waals surface area contributed by atoms with Crippen LogP contribution >= 0.6 is 31.9 Å². The molecule has 5 heteroatoms. The lowest BCUT2D eigenvalue weighted by molar-refractivity contribution is 0.578. The average molecular weight is 488 g/mol. The van der Waals surface area contributed by atoms with Crippen molar-refractivity contribution < 1.29 is 8.42 Å². The van der Waals surface area contributed by atoms with E-state index in [2.05, 4.69) is 73.4 Å². The number of benzene rings is 2. The molecule has 25 heavy (non-hydrogen) atoms. The molecule has 0 spiro atoms. The van der Waals surface area contributed by atoms with E-state index >= 15 is 0 Å². The van der Waals surface area contributed by atoms with Crippen LogP contribution < -0.4 is 0 Å². The van der Waals surface area contributed by atoms with Gasteiger partial charge in [0.05, 0.1) is 9.79 Å². The molecule has 136 valence electrons. The second kappa shape index (κ2) is 6.82. The first-order valence-electron chi connectivity index (χ1n) is 8.10. The minimum atomic E-state index is -3.58. The third-order valence-corrected chi connectivity index (χ3v) is 7.24. The molecule has 0 aliphatic rings. The van der Waals surface area contributed by atoms with E-state index in [-0.39, 0.29) is 10.8 Å². The van der Waals surface area contributed by atoms with E-state index in [1.165, 1.54) is 0 Å². The van der Waals surface area contributed by atoms with Crippen molar-refractivity contribution in [2.75, 3.05) is 0 Å². The first kappa shape index (κ1) is 20.7. The summed E-state index contributed by atoms with van der Waals surface area (Å²) in [5.74, 6) is 0. The molecule has 0 amide bonds. The van der Waals surface area contributed by atoms with Crippen LogP contribution in [0.4, 0.5) is 0 Å². The summed E-state index contributed by atoms with van der Waals surface area (Å²) in [5.41, 5.74) is 1.64. The van der Waals surface area contributed by atoms with Crippen molar-refractivity contribution in [3.8, 4) is 0 Å². The Morgan fingerprint density at radius 3 is 1.28 bits per heavy atom. The summed E-state index contributed by atoms with van der Waals surface area (Å²) in [6, 6.07) is 10.5. The highest BCUT2D eigenvalue weighted by atomic mass is 79.9. The van der Waals surface area contributed by atoms with E-state index < -0.39 is 9.84 Å². The van der Waals surface area contributed by atoms with Gasteiger partial charge in [0.25, 0.3) is 0 Å². The molecular weight excluding hydrogens is 464 g/mol. The van der Waals surface area contributed by atoms with Gasteiger partial charge in [0, 0.05) is 8.95 Å². The lowest BCUT2D eigenvalue weighted by Gasteiger charge is -2.23. The fourth-order valence-electron chi connectivity index (χ4n) is 2.63. The van der Waals surface area contributed by atoms with Crippen molar-refractivity contribution in [1.82, 2.24) is 0 Å². The van der Waals surface area contributed by atoms with Gasteiger partial charge < -0.3 is 0 Å². The SMILES string of the molecule is CC(C)(C)c1cc(S(=O)(=O)c2ccc(Br)c(C(C)(C)C)c2)ccc1Br. The van der Waals surface area contributed by atoms with Crippen LogP contribution in [-0.2, 0) is 20.7 Å². The molecule has 0 aliphatic heterocycles. The van der Waals surface area contributed by atoms with Gasteiger partial charge >= 0.3 is 0 Å². The predicted molar refractivity (Wildman–Crippen MR) is 111 cm³/mol. The molecule has 2 nitrogen and oxygen atoms in total. The Balaban J connectivity index is 2.65. The zero-order valence-corrected chi connectivity index (χ0v) is 19.4. The van der Waals surface area contributed by atoms with Crippen molar-refractivity contribution in [2.45, 2.75) is 62.2 Å². The van der Waals surface area contributed by atoms with Gasteiger partial charge in [-0.15, -0.1) is 0 Å². The molecule has 0 unspecified atom stereocenters. The van der Waals surface area contributed by atoms with Crippen molar-refractivity contribution in [3.63, 3.8) is 0 Å². The molecule has 0 N–H and O–H groups in total. The quantitative estimate of drug-likeness (QED) is 0.475. The lowest BCUT2D eigenvalue weighted by Crippen LogP contribution is -2.15. The van der Waals surface area contributed by atoms with E-state index in [9.17, 15) is 8.42 Å². The minimum Gasteiger partial charge on any atom is -0.219 e. The third kappa shape index (κ3) is 4.37. The molecule has 0 fully saturated rings. The highest BCUT2D eigenvalue weighted by Crippen LogP contribution is 2.36. The van der Waals surface area contributed by atoms with E-state index in [0.717, 1.165) is 20.1 Å². The highest BCUT2D eigenvalue weighted by molar-refractivity contribution is 9.10. The van der Waals surface area contributed by atoms with Crippen LogP contribution in [0.15, 0.2) is 55.1 Å². The molecule has 2 aromatic carbocycles. The maximum Gasteiger partial charge on any atom is 0.206 e. The smallest absolute Gasteiger partial charge is 0.206 e.